The number of hydrogen-bond donors (Lipinski definition) is 1. The number of nitrogens with one attached hydrogen (secondary N) is 1. The van der Waals surface area contributed by atoms with Gasteiger partial charge in [-0.2, -0.15) is 0 Å². The lowest BCUT2D eigenvalue weighted by molar-refractivity contribution is -0.118. The third kappa shape index (κ3) is 5.52. The molecule has 1 atom stereocenters. The van der Waals surface area contributed by atoms with Gasteiger partial charge in [-0.15, -0.1) is 23.5 Å². The zero-order valence-corrected chi connectivity index (χ0v) is 13.0. The Bertz CT molecular complexity index is 309. The van der Waals surface area contributed by atoms with Crippen molar-refractivity contribution in [3.8, 4) is 0 Å². The van der Waals surface area contributed by atoms with Crippen LogP contribution < -0.4 is 5.32 Å². The third-order valence-corrected chi connectivity index (χ3v) is 5.15. The summed E-state index contributed by atoms with van der Waals surface area (Å²) in [4.78, 5) is 23.6. The van der Waals surface area contributed by atoms with E-state index >= 15 is 0 Å². The zero-order chi connectivity index (χ0) is 13.8. The van der Waals surface area contributed by atoms with Crippen LogP contribution in [0.1, 0.15) is 34.1 Å². The quantitative estimate of drug-likeness (QED) is 0.866. The minimum atomic E-state index is -0.540. The Hall–Kier alpha value is -0.360. The standard InChI is InChI=1S/C12H21NO3S2/c1-8(13-11(15)16-12(2,3)4)9(14)10-17-6-5-7-18-10/h8,10H,5-7H2,1-4H3,(H,13,15)/t8-/m0/s1. The Labute approximate surface area is 117 Å². The smallest absolute Gasteiger partial charge is 0.408 e. The molecule has 1 N–H and O–H groups in total. The number of thioether (sulfide) groups is 2. The first-order valence-corrected chi connectivity index (χ1v) is 8.16. The molecule has 1 amide bonds. The van der Waals surface area contributed by atoms with E-state index in [0.29, 0.717) is 0 Å². The number of alkyl carbamates (subject to hydrolysis) is 1. The van der Waals surface area contributed by atoms with Gasteiger partial charge in [0.25, 0.3) is 0 Å². The maximum atomic E-state index is 12.1. The van der Waals surface area contributed by atoms with Gasteiger partial charge in [0.15, 0.2) is 5.78 Å². The molecular formula is C12H21NO3S2. The summed E-state index contributed by atoms with van der Waals surface area (Å²) < 4.78 is 5.08. The van der Waals surface area contributed by atoms with Crippen LogP contribution in [0.3, 0.4) is 0 Å². The van der Waals surface area contributed by atoms with Crippen LogP contribution >= 0.6 is 23.5 Å². The van der Waals surface area contributed by atoms with Crippen molar-refractivity contribution in [2.75, 3.05) is 11.5 Å². The first kappa shape index (κ1) is 15.7. The Morgan fingerprint density at radius 1 is 1.28 bits per heavy atom. The second-order valence-electron chi connectivity index (χ2n) is 5.20. The van der Waals surface area contributed by atoms with Gasteiger partial charge in [-0.05, 0) is 45.6 Å². The fourth-order valence-electron chi connectivity index (χ4n) is 1.41. The Kier molecular flexibility index (Phi) is 5.85. The van der Waals surface area contributed by atoms with Crippen LogP contribution in [0.5, 0.6) is 0 Å². The van der Waals surface area contributed by atoms with Crippen LogP contribution in [-0.4, -0.2) is 39.6 Å². The minimum Gasteiger partial charge on any atom is -0.444 e. The highest BCUT2D eigenvalue weighted by molar-refractivity contribution is 8.18. The van der Waals surface area contributed by atoms with Crippen molar-refractivity contribution in [2.24, 2.45) is 0 Å². The lowest BCUT2D eigenvalue weighted by Gasteiger charge is -2.25. The Balaban J connectivity index is 2.41. The average molecular weight is 291 g/mol. The normalized spacial score (nSPS) is 19.1. The van der Waals surface area contributed by atoms with E-state index in [-0.39, 0.29) is 10.4 Å². The number of Topliss-reactive ketones (excluding diaryl/α,β-unsaturated/α-hetero) is 1. The maximum absolute atomic E-state index is 12.1. The van der Waals surface area contributed by atoms with Crippen molar-refractivity contribution in [2.45, 2.75) is 50.3 Å². The molecule has 0 radical (unpaired) electrons. The predicted octanol–water partition coefficient (Wildman–Crippen LogP) is 2.66. The van der Waals surface area contributed by atoms with Gasteiger partial charge in [-0.3, -0.25) is 4.79 Å². The molecule has 0 saturated carbocycles. The fourth-order valence-corrected chi connectivity index (χ4v) is 4.34. The Morgan fingerprint density at radius 2 is 1.83 bits per heavy atom. The molecular weight excluding hydrogens is 270 g/mol. The molecule has 6 heteroatoms. The SMILES string of the molecule is C[C@H](NC(=O)OC(C)(C)C)C(=O)C1SCCCS1. The van der Waals surface area contributed by atoms with Gasteiger partial charge in [0.2, 0.25) is 0 Å². The van der Waals surface area contributed by atoms with E-state index in [1.165, 1.54) is 0 Å². The van der Waals surface area contributed by atoms with Crippen molar-refractivity contribution >= 4 is 35.4 Å². The number of hydrogen-bond acceptors (Lipinski definition) is 5. The molecule has 0 aliphatic carbocycles. The highest BCUT2D eigenvalue weighted by Gasteiger charge is 2.28. The van der Waals surface area contributed by atoms with Gasteiger partial charge in [0.1, 0.15) is 10.2 Å². The molecule has 4 nitrogen and oxygen atoms in total. The molecule has 0 bridgehead atoms. The number of rotatable bonds is 3. The zero-order valence-electron chi connectivity index (χ0n) is 11.3. The average Bonchev–Trinajstić information content (AvgIpc) is 2.26. The van der Waals surface area contributed by atoms with Gasteiger partial charge in [-0.25, -0.2) is 4.79 Å². The summed E-state index contributed by atoms with van der Waals surface area (Å²) in [5.74, 6) is 2.10. The summed E-state index contributed by atoms with van der Waals surface area (Å²) in [6.45, 7) is 7.10. The van der Waals surface area contributed by atoms with E-state index < -0.39 is 17.7 Å². The van der Waals surface area contributed by atoms with Gasteiger partial charge in [0.05, 0.1) is 6.04 Å². The van der Waals surface area contributed by atoms with Crippen LogP contribution in [-0.2, 0) is 9.53 Å². The van der Waals surface area contributed by atoms with Crippen molar-refractivity contribution in [1.29, 1.82) is 0 Å². The first-order chi connectivity index (χ1) is 8.29. The van der Waals surface area contributed by atoms with E-state index in [1.807, 2.05) is 0 Å². The second kappa shape index (κ2) is 6.70. The molecule has 0 spiro atoms. The molecule has 1 heterocycles. The van der Waals surface area contributed by atoms with Crippen molar-refractivity contribution < 1.29 is 14.3 Å². The maximum Gasteiger partial charge on any atom is 0.408 e. The number of ketones is 1. The molecule has 0 unspecified atom stereocenters. The van der Waals surface area contributed by atoms with E-state index in [0.717, 1.165) is 17.9 Å². The number of carbonyl (C=O) groups excluding carboxylic acids is 2. The predicted molar refractivity (Wildman–Crippen MR) is 77.2 cm³/mol. The minimum absolute atomic E-state index is 0.0521. The summed E-state index contributed by atoms with van der Waals surface area (Å²) in [6.07, 6.45) is 0.613. The molecule has 104 valence electrons. The molecule has 0 aromatic rings. The molecule has 1 fully saturated rings. The third-order valence-electron chi connectivity index (χ3n) is 2.22. The monoisotopic (exact) mass is 291 g/mol. The fraction of sp³-hybridized carbons (Fsp3) is 0.833. The molecule has 0 aromatic carbocycles. The summed E-state index contributed by atoms with van der Waals surface area (Å²) in [5.41, 5.74) is -0.540. The largest absolute Gasteiger partial charge is 0.444 e. The molecule has 18 heavy (non-hydrogen) atoms. The topological polar surface area (TPSA) is 55.4 Å². The molecule has 0 aromatic heterocycles. The van der Waals surface area contributed by atoms with Crippen molar-refractivity contribution in [3.63, 3.8) is 0 Å². The van der Waals surface area contributed by atoms with Crippen molar-refractivity contribution in [3.05, 3.63) is 0 Å². The first-order valence-electron chi connectivity index (χ1n) is 6.06. The summed E-state index contributed by atoms with van der Waals surface area (Å²) in [7, 11) is 0. The van der Waals surface area contributed by atoms with Gasteiger partial charge in [0, 0.05) is 0 Å². The van der Waals surface area contributed by atoms with Crippen molar-refractivity contribution in [1.82, 2.24) is 5.32 Å². The Morgan fingerprint density at radius 3 is 2.33 bits per heavy atom. The van der Waals surface area contributed by atoms with Crippen LogP contribution in [0.2, 0.25) is 0 Å². The van der Waals surface area contributed by atoms with E-state index in [2.05, 4.69) is 5.32 Å². The highest BCUT2D eigenvalue weighted by Crippen LogP contribution is 2.31. The van der Waals surface area contributed by atoms with Crippen LogP contribution in [0.25, 0.3) is 0 Å². The second-order valence-corrected chi connectivity index (χ2v) is 7.92. The van der Waals surface area contributed by atoms with Crippen LogP contribution in [0.4, 0.5) is 4.79 Å². The van der Waals surface area contributed by atoms with Crippen LogP contribution in [0, 0.1) is 0 Å². The van der Waals surface area contributed by atoms with E-state index in [9.17, 15) is 9.59 Å². The summed E-state index contributed by atoms with van der Waals surface area (Å²) >= 11 is 3.32. The van der Waals surface area contributed by atoms with Crippen LogP contribution in [0.15, 0.2) is 0 Å². The van der Waals surface area contributed by atoms with Gasteiger partial charge < -0.3 is 10.1 Å². The lowest BCUT2D eigenvalue weighted by Crippen LogP contribution is -2.44. The summed E-state index contributed by atoms with van der Waals surface area (Å²) in [5, 5.41) is 2.60. The van der Waals surface area contributed by atoms with Gasteiger partial charge >= 0.3 is 6.09 Å². The molecule has 1 aliphatic rings. The molecule has 1 saturated heterocycles. The molecule has 1 aliphatic heterocycles. The van der Waals surface area contributed by atoms with E-state index in [1.54, 1.807) is 51.2 Å². The number of carbonyl (C=O) groups is 2. The highest BCUT2D eigenvalue weighted by atomic mass is 32.2. The number of ether oxygens (including phenoxy) is 1. The lowest BCUT2D eigenvalue weighted by atomic mass is 10.2. The summed E-state index contributed by atoms with van der Waals surface area (Å²) in [6, 6.07) is -0.497. The number of amides is 1. The van der Waals surface area contributed by atoms with E-state index in [4.69, 9.17) is 4.74 Å². The molecule has 1 rings (SSSR count). The van der Waals surface area contributed by atoms with Gasteiger partial charge in [-0.1, -0.05) is 0 Å².